The van der Waals surface area contributed by atoms with Crippen LogP contribution in [0, 0.1) is 6.57 Å². The van der Waals surface area contributed by atoms with Gasteiger partial charge in [-0.1, -0.05) is 42.6 Å². The Morgan fingerprint density at radius 2 is 2.14 bits per heavy atom. The summed E-state index contributed by atoms with van der Waals surface area (Å²) < 4.78 is 5.30. The predicted molar refractivity (Wildman–Crippen MR) is 114 cm³/mol. The van der Waals surface area contributed by atoms with Gasteiger partial charge < -0.3 is 15.2 Å². The Morgan fingerprint density at radius 3 is 2.71 bits per heavy atom. The number of nitrogens with one attached hydrogen (secondary N) is 1. The largest absolute Gasteiger partial charge is 0.463 e. The maximum atomic E-state index is 12.9. The first-order chi connectivity index (χ1) is 13.5. The molecule has 150 valence electrons. The molecule has 1 heterocycles. The zero-order chi connectivity index (χ0) is 20.7. The van der Waals surface area contributed by atoms with Crippen molar-refractivity contribution in [2.45, 2.75) is 32.6 Å². The van der Waals surface area contributed by atoms with Crippen molar-refractivity contribution in [1.29, 1.82) is 0 Å². The Hall–Kier alpha value is -1.65. The van der Waals surface area contributed by atoms with Crippen molar-refractivity contribution in [2.24, 2.45) is 0 Å². The number of allylic oxidation sites excluding steroid dienone is 2. The van der Waals surface area contributed by atoms with Crippen LogP contribution in [0.1, 0.15) is 38.2 Å². The van der Waals surface area contributed by atoms with Crippen molar-refractivity contribution in [1.82, 2.24) is 5.32 Å². The van der Waals surface area contributed by atoms with Gasteiger partial charge in [0.25, 0.3) is 0 Å². The number of esters is 1. The summed E-state index contributed by atoms with van der Waals surface area (Å²) in [4.78, 5) is 16.6. The van der Waals surface area contributed by atoms with Gasteiger partial charge in [-0.15, -0.1) is 11.8 Å². The van der Waals surface area contributed by atoms with Crippen molar-refractivity contribution in [3.8, 4) is 0 Å². The molecule has 1 atom stereocenters. The molecule has 0 aliphatic carbocycles. The first kappa shape index (κ1) is 22.6. The van der Waals surface area contributed by atoms with Crippen molar-refractivity contribution >= 4 is 40.9 Å². The van der Waals surface area contributed by atoms with Gasteiger partial charge in [-0.3, -0.25) is 0 Å². The Balaban J connectivity index is 2.72. The number of hydrogen-bond acceptors (Lipinski definition) is 5. The number of halogens is 2. The molecule has 2 N–H and O–H groups in total. The quantitative estimate of drug-likeness (QED) is 0.434. The summed E-state index contributed by atoms with van der Waals surface area (Å²) in [6.45, 7) is 11.7. The van der Waals surface area contributed by atoms with Gasteiger partial charge in [-0.05, 0) is 31.0 Å². The lowest BCUT2D eigenvalue weighted by atomic mass is 9.84. The van der Waals surface area contributed by atoms with E-state index in [9.17, 15) is 9.90 Å². The highest BCUT2D eigenvalue weighted by molar-refractivity contribution is 8.03. The van der Waals surface area contributed by atoms with Gasteiger partial charge in [0.1, 0.15) is 0 Å². The number of rotatable bonds is 8. The number of ether oxygens (including phenoxy) is 1. The zero-order valence-electron chi connectivity index (χ0n) is 15.7. The molecular weight excluding hydrogens is 419 g/mol. The molecule has 0 amide bonds. The van der Waals surface area contributed by atoms with Crippen LogP contribution in [0.25, 0.3) is 4.85 Å². The first-order valence-corrected chi connectivity index (χ1v) is 10.7. The molecule has 2 rings (SSSR count). The molecule has 0 bridgehead atoms. The van der Waals surface area contributed by atoms with Gasteiger partial charge in [0, 0.05) is 21.5 Å². The second kappa shape index (κ2) is 10.8. The van der Waals surface area contributed by atoms with Gasteiger partial charge in [-0.25, -0.2) is 9.64 Å². The fourth-order valence-corrected chi connectivity index (χ4v) is 4.34. The summed E-state index contributed by atoms with van der Waals surface area (Å²) in [5.74, 6) is -0.705. The Kier molecular flexibility index (Phi) is 8.71. The second-order valence-corrected chi connectivity index (χ2v) is 7.93. The van der Waals surface area contributed by atoms with Crippen molar-refractivity contribution < 1.29 is 14.6 Å². The van der Waals surface area contributed by atoms with Crippen LogP contribution in [0.2, 0.25) is 10.0 Å². The Labute approximate surface area is 179 Å². The molecule has 8 heteroatoms. The molecule has 1 aromatic rings. The maximum Gasteiger partial charge on any atom is 0.335 e. The van der Waals surface area contributed by atoms with Crippen LogP contribution < -0.4 is 5.32 Å². The third-order valence-corrected chi connectivity index (χ3v) is 5.66. The van der Waals surface area contributed by atoms with Gasteiger partial charge in [0.05, 0.1) is 36.3 Å². The predicted octanol–water partition coefficient (Wildman–Crippen LogP) is 5.11. The highest BCUT2D eigenvalue weighted by atomic mass is 35.5. The lowest BCUT2D eigenvalue weighted by Gasteiger charge is -2.31. The summed E-state index contributed by atoms with van der Waals surface area (Å²) >= 11 is 13.8. The minimum Gasteiger partial charge on any atom is -0.463 e. The minimum absolute atomic E-state index is 0.0228. The maximum absolute atomic E-state index is 12.9. The molecule has 1 aliphatic rings. The van der Waals surface area contributed by atoms with E-state index < -0.39 is 11.9 Å². The van der Waals surface area contributed by atoms with Crippen molar-refractivity contribution in [3.05, 3.63) is 67.2 Å². The third-order valence-electron chi connectivity index (χ3n) is 4.11. The number of hydrogen-bond donors (Lipinski definition) is 2. The van der Waals surface area contributed by atoms with E-state index in [2.05, 4.69) is 10.2 Å². The zero-order valence-corrected chi connectivity index (χ0v) is 18.0. The van der Waals surface area contributed by atoms with E-state index in [-0.39, 0.29) is 13.2 Å². The van der Waals surface area contributed by atoms with Crippen molar-refractivity contribution in [2.75, 3.05) is 19.0 Å². The molecule has 0 saturated heterocycles. The number of carbonyl (C=O) groups excluding carboxylic acids is 1. The summed E-state index contributed by atoms with van der Waals surface area (Å²) in [7, 11) is 0. The molecular formula is C20H22Cl2N2O3S. The van der Waals surface area contributed by atoms with Crippen LogP contribution in [-0.4, -0.2) is 30.0 Å². The number of aliphatic hydroxyl groups excluding tert-OH is 1. The number of thioether (sulfide) groups is 1. The van der Waals surface area contributed by atoms with E-state index in [4.69, 9.17) is 34.5 Å². The summed E-state index contributed by atoms with van der Waals surface area (Å²) in [6, 6.07) is 5.03. The van der Waals surface area contributed by atoms with Crippen LogP contribution in [-0.2, 0) is 9.53 Å². The van der Waals surface area contributed by atoms with E-state index in [0.29, 0.717) is 49.8 Å². The van der Waals surface area contributed by atoms with Crippen molar-refractivity contribution in [3.63, 3.8) is 0 Å². The third kappa shape index (κ3) is 5.03. The Bertz CT molecular complexity index is 846. The first-order valence-electron chi connectivity index (χ1n) is 8.95. The molecule has 0 radical (unpaired) electrons. The standard InChI is InChI=1S/C20H22Cl2N2O3S/c1-4-6-15-17(20(26)27-5-2)16(13-8-7-12(21)11-14(13)22)18(23-3)19(24-15)28-10-9-25/h7-8,11,16,24-25H,4-6,9-10H2,1-2H3. The number of benzene rings is 1. The van der Waals surface area contributed by atoms with Crippen LogP contribution in [0.5, 0.6) is 0 Å². The molecule has 1 aliphatic heterocycles. The highest BCUT2D eigenvalue weighted by Crippen LogP contribution is 2.45. The highest BCUT2D eigenvalue weighted by Gasteiger charge is 2.37. The number of aliphatic hydroxyl groups is 1. The smallest absolute Gasteiger partial charge is 0.335 e. The van der Waals surface area contributed by atoms with E-state index in [1.807, 2.05) is 6.92 Å². The normalized spacial score (nSPS) is 16.6. The molecule has 1 unspecified atom stereocenters. The summed E-state index contributed by atoms with van der Waals surface area (Å²) in [6.07, 6.45) is 1.42. The van der Waals surface area contributed by atoms with E-state index in [1.54, 1.807) is 25.1 Å². The van der Waals surface area contributed by atoms with Crippen LogP contribution in [0.3, 0.4) is 0 Å². The fraction of sp³-hybridized carbons (Fsp3) is 0.400. The topological polar surface area (TPSA) is 62.9 Å². The lowest BCUT2D eigenvalue weighted by Crippen LogP contribution is -2.29. The molecule has 1 aromatic carbocycles. The Morgan fingerprint density at radius 1 is 1.39 bits per heavy atom. The summed E-state index contributed by atoms with van der Waals surface area (Å²) in [5, 5.41) is 13.9. The van der Waals surface area contributed by atoms with E-state index in [1.165, 1.54) is 11.8 Å². The van der Waals surface area contributed by atoms with Crippen LogP contribution in [0.15, 0.2) is 40.2 Å². The van der Waals surface area contributed by atoms with Gasteiger partial charge in [0.15, 0.2) is 0 Å². The number of dihydropyridines is 1. The lowest BCUT2D eigenvalue weighted by molar-refractivity contribution is -0.138. The van der Waals surface area contributed by atoms with Gasteiger partial charge in [0.2, 0.25) is 5.70 Å². The molecule has 0 aromatic heterocycles. The molecule has 28 heavy (non-hydrogen) atoms. The number of nitrogens with zero attached hydrogens (tertiary/aromatic N) is 1. The van der Waals surface area contributed by atoms with Crippen LogP contribution >= 0.6 is 35.0 Å². The van der Waals surface area contributed by atoms with E-state index >= 15 is 0 Å². The SMILES string of the molecule is [C-]#[N+]C1=C(SCCO)NC(CCC)=C(C(=O)OCC)C1c1ccc(Cl)cc1Cl. The average molecular weight is 441 g/mol. The monoisotopic (exact) mass is 440 g/mol. The fourth-order valence-electron chi connectivity index (χ4n) is 3.02. The average Bonchev–Trinajstić information content (AvgIpc) is 2.66. The van der Waals surface area contributed by atoms with Crippen LogP contribution in [0.4, 0.5) is 0 Å². The van der Waals surface area contributed by atoms with Gasteiger partial charge in [-0.2, -0.15) is 0 Å². The number of carbonyl (C=O) groups is 1. The second-order valence-electron chi connectivity index (χ2n) is 5.98. The van der Waals surface area contributed by atoms with Gasteiger partial charge >= 0.3 is 5.97 Å². The molecule has 0 saturated carbocycles. The molecule has 0 fully saturated rings. The summed E-state index contributed by atoms with van der Waals surface area (Å²) in [5.41, 5.74) is 2.08. The molecule has 0 spiro atoms. The minimum atomic E-state index is -0.662. The molecule has 5 nitrogen and oxygen atoms in total. The van der Waals surface area contributed by atoms with E-state index in [0.717, 1.165) is 6.42 Å².